The van der Waals surface area contributed by atoms with Crippen LogP contribution in [0.25, 0.3) is 0 Å². The van der Waals surface area contributed by atoms with Gasteiger partial charge in [0.2, 0.25) is 0 Å². The highest BCUT2D eigenvalue weighted by atomic mass is 19.4. The Morgan fingerprint density at radius 2 is 1.79 bits per heavy atom. The highest BCUT2D eigenvalue weighted by Gasteiger charge is 2.33. The first-order valence-corrected chi connectivity index (χ1v) is 6.93. The molecule has 0 saturated carbocycles. The van der Waals surface area contributed by atoms with Gasteiger partial charge in [-0.05, 0) is 32.4 Å². The van der Waals surface area contributed by atoms with Crippen LogP contribution < -0.4 is 10.1 Å². The summed E-state index contributed by atoms with van der Waals surface area (Å²) in [5.74, 6) is -1.94. The van der Waals surface area contributed by atoms with Crippen molar-refractivity contribution < 1.29 is 37.3 Å². The van der Waals surface area contributed by atoms with E-state index in [9.17, 15) is 27.9 Å². The molecule has 0 heterocycles. The molecule has 1 aromatic rings. The fraction of sp³-hybridized carbons (Fsp3) is 0.467. The Bertz CT molecular complexity index is 596. The van der Waals surface area contributed by atoms with Gasteiger partial charge in [-0.1, -0.05) is 18.2 Å². The van der Waals surface area contributed by atoms with Crippen molar-refractivity contribution in [2.24, 2.45) is 0 Å². The highest BCUT2D eigenvalue weighted by Crippen LogP contribution is 2.27. The van der Waals surface area contributed by atoms with Crippen LogP contribution in [0.3, 0.4) is 0 Å². The average Bonchev–Trinajstić information content (AvgIpc) is 2.36. The van der Waals surface area contributed by atoms with Gasteiger partial charge in [0, 0.05) is 6.42 Å². The quantitative estimate of drug-likeness (QED) is 0.853. The van der Waals surface area contributed by atoms with Gasteiger partial charge >= 0.3 is 18.4 Å². The number of carbonyl (C=O) groups excluding carboxylic acids is 1. The molecule has 0 spiro atoms. The van der Waals surface area contributed by atoms with Gasteiger partial charge in [0.25, 0.3) is 0 Å². The SMILES string of the molecule is CC(C)(C)OC(=O)N[C@@H](Cc1ccccc1OC(F)(F)F)C(=O)O. The molecule has 2 N–H and O–H groups in total. The molecule has 134 valence electrons. The number of hydrogen-bond acceptors (Lipinski definition) is 4. The van der Waals surface area contributed by atoms with Crippen molar-refractivity contribution in [3.05, 3.63) is 29.8 Å². The highest BCUT2D eigenvalue weighted by molar-refractivity contribution is 5.80. The molecule has 0 fully saturated rings. The number of aliphatic carboxylic acids is 1. The van der Waals surface area contributed by atoms with Crippen LogP contribution >= 0.6 is 0 Å². The molecule has 0 aliphatic heterocycles. The molecule has 1 aromatic carbocycles. The number of alkyl halides is 3. The summed E-state index contributed by atoms with van der Waals surface area (Å²) in [6, 6.07) is 3.63. The molecular formula is C15H18F3NO5. The second-order valence-electron chi connectivity index (χ2n) is 5.90. The van der Waals surface area contributed by atoms with Gasteiger partial charge in [-0.15, -0.1) is 13.2 Å². The van der Waals surface area contributed by atoms with Crippen molar-refractivity contribution in [1.82, 2.24) is 5.32 Å². The number of halogens is 3. The Hall–Kier alpha value is -2.45. The van der Waals surface area contributed by atoms with Crippen LogP contribution in [0.4, 0.5) is 18.0 Å². The maximum absolute atomic E-state index is 12.4. The Morgan fingerprint density at radius 1 is 1.21 bits per heavy atom. The zero-order chi connectivity index (χ0) is 18.5. The van der Waals surface area contributed by atoms with Crippen LogP contribution in [0.15, 0.2) is 24.3 Å². The zero-order valence-corrected chi connectivity index (χ0v) is 13.3. The Morgan fingerprint density at radius 3 is 2.29 bits per heavy atom. The van der Waals surface area contributed by atoms with Crippen molar-refractivity contribution in [2.75, 3.05) is 0 Å². The van der Waals surface area contributed by atoms with Crippen LogP contribution in [0.1, 0.15) is 26.3 Å². The second kappa shape index (κ2) is 7.41. The molecule has 0 saturated heterocycles. The van der Waals surface area contributed by atoms with Crippen LogP contribution in [0, 0.1) is 0 Å². The Kier molecular flexibility index (Phi) is 6.05. The molecule has 6 nitrogen and oxygen atoms in total. The van der Waals surface area contributed by atoms with E-state index >= 15 is 0 Å². The van der Waals surface area contributed by atoms with E-state index in [-0.39, 0.29) is 5.56 Å². The summed E-state index contributed by atoms with van der Waals surface area (Å²) in [6.45, 7) is 4.78. The third kappa shape index (κ3) is 7.21. The first-order valence-electron chi connectivity index (χ1n) is 6.93. The molecule has 0 aromatic heterocycles. The van der Waals surface area contributed by atoms with E-state index in [1.807, 2.05) is 0 Å². The third-order valence-electron chi connectivity index (χ3n) is 2.61. The fourth-order valence-corrected chi connectivity index (χ4v) is 1.77. The molecular weight excluding hydrogens is 331 g/mol. The number of nitrogens with one attached hydrogen (secondary N) is 1. The van der Waals surface area contributed by atoms with Crippen LogP contribution in [-0.4, -0.2) is 35.2 Å². The van der Waals surface area contributed by atoms with E-state index in [1.165, 1.54) is 18.2 Å². The van der Waals surface area contributed by atoms with E-state index in [1.54, 1.807) is 20.8 Å². The molecule has 24 heavy (non-hydrogen) atoms. The van der Waals surface area contributed by atoms with Crippen LogP contribution in [0.5, 0.6) is 5.75 Å². The molecule has 0 unspecified atom stereocenters. The lowest BCUT2D eigenvalue weighted by Gasteiger charge is -2.22. The normalized spacial score (nSPS) is 13.1. The number of carboxylic acids is 1. The third-order valence-corrected chi connectivity index (χ3v) is 2.61. The average molecular weight is 349 g/mol. The van der Waals surface area contributed by atoms with Crippen molar-refractivity contribution in [2.45, 2.75) is 45.2 Å². The number of alkyl carbamates (subject to hydrolysis) is 1. The largest absolute Gasteiger partial charge is 0.573 e. The lowest BCUT2D eigenvalue weighted by atomic mass is 10.1. The van der Waals surface area contributed by atoms with Gasteiger partial charge in [0.05, 0.1) is 0 Å². The lowest BCUT2D eigenvalue weighted by Crippen LogP contribution is -2.44. The summed E-state index contributed by atoms with van der Waals surface area (Å²) in [5, 5.41) is 11.3. The van der Waals surface area contributed by atoms with E-state index < -0.39 is 42.2 Å². The number of ether oxygens (including phenoxy) is 2. The number of carbonyl (C=O) groups is 2. The number of amides is 1. The zero-order valence-electron chi connectivity index (χ0n) is 13.3. The van der Waals surface area contributed by atoms with Crippen LogP contribution in [0.2, 0.25) is 0 Å². The van der Waals surface area contributed by atoms with Crippen molar-refractivity contribution in [3.63, 3.8) is 0 Å². The van der Waals surface area contributed by atoms with Gasteiger partial charge in [-0.25, -0.2) is 9.59 Å². The van der Waals surface area contributed by atoms with Gasteiger partial charge in [-0.3, -0.25) is 0 Å². The molecule has 0 aliphatic rings. The summed E-state index contributed by atoms with van der Waals surface area (Å²) in [4.78, 5) is 22.9. The van der Waals surface area contributed by atoms with Gasteiger partial charge in [0.1, 0.15) is 17.4 Å². The Labute approximate surface area is 136 Å². The molecule has 0 bridgehead atoms. The predicted molar refractivity (Wildman–Crippen MR) is 77.6 cm³/mol. The summed E-state index contributed by atoms with van der Waals surface area (Å²) in [7, 11) is 0. The van der Waals surface area contributed by atoms with Crippen molar-refractivity contribution in [3.8, 4) is 5.75 Å². The van der Waals surface area contributed by atoms with Gasteiger partial charge < -0.3 is 19.9 Å². The minimum Gasteiger partial charge on any atom is -0.480 e. The lowest BCUT2D eigenvalue weighted by molar-refractivity contribution is -0.274. The first kappa shape index (κ1) is 19.6. The van der Waals surface area contributed by atoms with E-state index in [0.29, 0.717) is 0 Å². The minimum absolute atomic E-state index is 0.0155. The summed E-state index contributed by atoms with van der Waals surface area (Å²) in [6.07, 6.45) is -6.29. The fourth-order valence-electron chi connectivity index (χ4n) is 1.77. The molecule has 0 aliphatic carbocycles. The molecule has 1 atom stereocenters. The van der Waals surface area contributed by atoms with Gasteiger partial charge in [-0.2, -0.15) is 0 Å². The predicted octanol–water partition coefficient (Wildman–Crippen LogP) is 3.11. The number of hydrogen-bond donors (Lipinski definition) is 2. The summed E-state index contributed by atoms with van der Waals surface area (Å²) < 4.78 is 46.0. The minimum atomic E-state index is -4.91. The molecule has 1 amide bonds. The van der Waals surface area contributed by atoms with E-state index in [4.69, 9.17) is 4.74 Å². The number of para-hydroxylation sites is 1. The van der Waals surface area contributed by atoms with Crippen molar-refractivity contribution >= 4 is 12.1 Å². The number of benzene rings is 1. The van der Waals surface area contributed by atoms with Crippen LogP contribution in [-0.2, 0) is 16.0 Å². The Balaban J connectivity index is 2.90. The monoisotopic (exact) mass is 349 g/mol. The topological polar surface area (TPSA) is 84.9 Å². The number of rotatable bonds is 5. The van der Waals surface area contributed by atoms with Crippen molar-refractivity contribution in [1.29, 1.82) is 0 Å². The molecule has 9 heteroatoms. The smallest absolute Gasteiger partial charge is 0.480 e. The summed E-state index contributed by atoms with van der Waals surface area (Å²) >= 11 is 0. The standard InChI is InChI=1S/C15H18F3NO5/c1-14(2,3)24-13(22)19-10(12(20)21)8-9-6-4-5-7-11(9)23-15(16,17)18/h4-7,10H,8H2,1-3H3,(H,19,22)(H,20,21)/t10-/m0/s1. The maximum Gasteiger partial charge on any atom is 0.573 e. The molecule has 1 rings (SSSR count). The van der Waals surface area contributed by atoms with Gasteiger partial charge in [0.15, 0.2) is 0 Å². The first-order chi connectivity index (χ1) is 10.9. The maximum atomic E-state index is 12.4. The number of carboxylic acid groups (broad SMARTS) is 1. The molecule has 0 radical (unpaired) electrons. The summed E-state index contributed by atoms with van der Waals surface area (Å²) in [5.41, 5.74) is -0.858. The van der Waals surface area contributed by atoms with E-state index in [2.05, 4.69) is 10.1 Å². The van der Waals surface area contributed by atoms with E-state index in [0.717, 1.165) is 6.07 Å². The second-order valence-corrected chi connectivity index (χ2v) is 5.90.